The highest BCUT2D eigenvalue weighted by Crippen LogP contribution is 2.36. The van der Waals surface area contributed by atoms with Crippen molar-refractivity contribution in [3.05, 3.63) is 64.6 Å². The van der Waals surface area contributed by atoms with E-state index >= 15 is 0 Å². The number of hydrogen-bond acceptors (Lipinski definition) is 4. The Hall–Kier alpha value is -2.11. The van der Waals surface area contributed by atoms with E-state index in [1.807, 2.05) is 18.2 Å². The molecule has 0 unspecified atom stereocenters. The molecule has 1 saturated heterocycles. The average Bonchev–Trinajstić information content (AvgIpc) is 2.87. The van der Waals surface area contributed by atoms with Crippen LogP contribution in [0.3, 0.4) is 0 Å². The van der Waals surface area contributed by atoms with Crippen LogP contribution in [0.1, 0.15) is 30.9 Å². The van der Waals surface area contributed by atoms with Gasteiger partial charge in [-0.1, -0.05) is 61.6 Å². The number of thioether (sulfide) groups is 1. The van der Waals surface area contributed by atoms with E-state index in [1.165, 1.54) is 17.3 Å². The maximum atomic E-state index is 12.7. The van der Waals surface area contributed by atoms with Crippen molar-refractivity contribution in [3.8, 4) is 5.75 Å². The van der Waals surface area contributed by atoms with Gasteiger partial charge < -0.3 is 5.11 Å². The molecule has 1 fully saturated rings. The topological polar surface area (TPSA) is 40.5 Å². The molecular weight excluding hydrogens is 350 g/mol. The Balaban J connectivity index is 1.81. The number of anilines is 1. The number of phenols is 1. The van der Waals surface area contributed by atoms with Gasteiger partial charge in [0.15, 0.2) is 4.32 Å². The minimum absolute atomic E-state index is 0.125. The van der Waals surface area contributed by atoms with E-state index in [2.05, 4.69) is 19.1 Å². The molecule has 0 saturated carbocycles. The molecule has 0 atom stereocenters. The normalized spacial score (nSPS) is 16.0. The fourth-order valence-corrected chi connectivity index (χ4v) is 3.95. The Bertz CT molecular complexity index is 828. The number of amides is 1. The number of aromatic hydroxyl groups is 1. The molecule has 0 radical (unpaired) electrons. The van der Waals surface area contributed by atoms with Crippen molar-refractivity contribution in [2.45, 2.75) is 26.2 Å². The molecule has 2 aromatic rings. The summed E-state index contributed by atoms with van der Waals surface area (Å²) in [6, 6.07) is 14.8. The zero-order valence-electron chi connectivity index (χ0n) is 13.9. The van der Waals surface area contributed by atoms with Crippen LogP contribution in [0.5, 0.6) is 5.75 Å². The molecule has 2 aromatic carbocycles. The summed E-state index contributed by atoms with van der Waals surface area (Å²) in [5, 5.41) is 9.57. The van der Waals surface area contributed by atoms with Gasteiger partial charge in [0, 0.05) is 0 Å². The molecule has 1 heterocycles. The molecule has 25 heavy (non-hydrogen) atoms. The van der Waals surface area contributed by atoms with E-state index in [0.29, 0.717) is 9.23 Å². The SMILES string of the molecule is CCCCc1ccc(N2C(=O)/C(=C/c3cccc(O)c3)SC2=S)cc1. The van der Waals surface area contributed by atoms with Crippen LogP contribution in [0, 0.1) is 0 Å². The molecule has 1 aliphatic heterocycles. The molecular formula is C20H19NO2S2. The van der Waals surface area contributed by atoms with Crippen molar-refractivity contribution in [3.63, 3.8) is 0 Å². The molecule has 0 aliphatic carbocycles. The maximum absolute atomic E-state index is 12.7. The van der Waals surface area contributed by atoms with Crippen molar-refractivity contribution in [1.82, 2.24) is 0 Å². The predicted octanol–water partition coefficient (Wildman–Crippen LogP) is 5.14. The van der Waals surface area contributed by atoms with Crippen LogP contribution in [-0.2, 0) is 11.2 Å². The van der Waals surface area contributed by atoms with Crippen molar-refractivity contribution < 1.29 is 9.90 Å². The first kappa shape index (κ1) is 17.7. The van der Waals surface area contributed by atoms with Gasteiger partial charge in [0.05, 0.1) is 10.6 Å². The zero-order chi connectivity index (χ0) is 17.8. The van der Waals surface area contributed by atoms with Gasteiger partial charge in [-0.2, -0.15) is 0 Å². The Morgan fingerprint density at radius 1 is 1.20 bits per heavy atom. The first-order valence-corrected chi connectivity index (χ1v) is 9.47. The number of phenolic OH excluding ortho intramolecular Hbond substituents is 1. The van der Waals surface area contributed by atoms with Gasteiger partial charge in [-0.05, 0) is 54.3 Å². The molecule has 0 aromatic heterocycles. The lowest BCUT2D eigenvalue weighted by molar-refractivity contribution is -0.113. The summed E-state index contributed by atoms with van der Waals surface area (Å²) in [5.74, 6) is 0.0477. The number of unbranched alkanes of at least 4 members (excludes halogenated alkanes) is 1. The van der Waals surface area contributed by atoms with E-state index in [1.54, 1.807) is 29.2 Å². The third kappa shape index (κ3) is 4.11. The van der Waals surface area contributed by atoms with E-state index in [4.69, 9.17) is 12.2 Å². The van der Waals surface area contributed by atoms with Crippen LogP contribution < -0.4 is 4.90 Å². The summed E-state index contributed by atoms with van der Waals surface area (Å²) in [7, 11) is 0. The van der Waals surface area contributed by atoms with Crippen LogP contribution >= 0.6 is 24.0 Å². The zero-order valence-corrected chi connectivity index (χ0v) is 15.6. The van der Waals surface area contributed by atoms with Gasteiger partial charge in [0.1, 0.15) is 5.75 Å². The fraction of sp³-hybridized carbons (Fsp3) is 0.200. The molecule has 0 spiro atoms. The smallest absolute Gasteiger partial charge is 0.270 e. The van der Waals surface area contributed by atoms with Gasteiger partial charge >= 0.3 is 0 Å². The van der Waals surface area contributed by atoms with Gasteiger partial charge in [0.2, 0.25) is 0 Å². The molecule has 1 aliphatic rings. The van der Waals surface area contributed by atoms with Crippen molar-refractivity contribution in [1.29, 1.82) is 0 Å². The van der Waals surface area contributed by atoms with Gasteiger partial charge in [0.25, 0.3) is 5.91 Å². The Kier molecular flexibility index (Phi) is 5.56. The fourth-order valence-electron chi connectivity index (χ4n) is 2.65. The first-order chi connectivity index (χ1) is 12.1. The summed E-state index contributed by atoms with van der Waals surface area (Å²) in [5.41, 5.74) is 2.84. The Labute approximate surface area is 157 Å². The highest BCUT2D eigenvalue weighted by molar-refractivity contribution is 8.27. The first-order valence-electron chi connectivity index (χ1n) is 8.24. The third-order valence-corrected chi connectivity index (χ3v) is 5.28. The average molecular weight is 370 g/mol. The number of benzene rings is 2. The lowest BCUT2D eigenvalue weighted by Crippen LogP contribution is -2.27. The lowest BCUT2D eigenvalue weighted by Gasteiger charge is -2.15. The van der Waals surface area contributed by atoms with Gasteiger partial charge in [-0.15, -0.1) is 0 Å². The molecule has 5 heteroatoms. The van der Waals surface area contributed by atoms with Crippen LogP contribution in [0.15, 0.2) is 53.4 Å². The highest BCUT2D eigenvalue weighted by atomic mass is 32.2. The van der Waals surface area contributed by atoms with Gasteiger partial charge in [-0.25, -0.2) is 0 Å². The molecule has 128 valence electrons. The minimum Gasteiger partial charge on any atom is -0.508 e. The summed E-state index contributed by atoms with van der Waals surface area (Å²) < 4.78 is 0.526. The second kappa shape index (κ2) is 7.85. The van der Waals surface area contributed by atoms with Crippen LogP contribution in [0.4, 0.5) is 5.69 Å². The van der Waals surface area contributed by atoms with Crippen LogP contribution in [-0.4, -0.2) is 15.3 Å². The number of aryl methyl sites for hydroxylation is 1. The van der Waals surface area contributed by atoms with Crippen LogP contribution in [0.2, 0.25) is 0 Å². The second-order valence-electron chi connectivity index (χ2n) is 5.88. The Morgan fingerprint density at radius 2 is 1.96 bits per heavy atom. The standard InChI is InChI=1S/C20H19NO2S2/c1-2-3-5-14-8-10-16(11-9-14)21-19(23)18(25-20(21)24)13-15-6-4-7-17(22)12-15/h4,6-13,22H,2-3,5H2,1H3/b18-13-. The molecule has 3 nitrogen and oxygen atoms in total. The number of nitrogens with zero attached hydrogens (tertiary/aromatic N) is 1. The maximum Gasteiger partial charge on any atom is 0.270 e. The lowest BCUT2D eigenvalue weighted by atomic mass is 10.1. The van der Waals surface area contributed by atoms with Crippen LogP contribution in [0.25, 0.3) is 6.08 Å². The van der Waals surface area contributed by atoms with Crippen molar-refractivity contribution in [2.24, 2.45) is 0 Å². The summed E-state index contributed by atoms with van der Waals surface area (Å²) in [6.45, 7) is 2.17. The minimum atomic E-state index is -0.125. The highest BCUT2D eigenvalue weighted by Gasteiger charge is 2.33. The van der Waals surface area contributed by atoms with E-state index < -0.39 is 0 Å². The van der Waals surface area contributed by atoms with Crippen molar-refractivity contribution in [2.75, 3.05) is 4.90 Å². The van der Waals surface area contributed by atoms with E-state index in [0.717, 1.165) is 30.5 Å². The summed E-state index contributed by atoms with van der Waals surface area (Å²) in [6.07, 6.45) is 5.13. The van der Waals surface area contributed by atoms with E-state index in [-0.39, 0.29) is 11.7 Å². The number of carbonyl (C=O) groups excluding carboxylic acids is 1. The van der Waals surface area contributed by atoms with Gasteiger partial charge in [-0.3, -0.25) is 9.69 Å². The van der Waals surface area contributed by atoms with E-state index in [9.17, 15) is 9.90 Å². The number of rotatable bonds is 5. The monoisotopic (exact) mass is 369 g/mol. The number of carbonyl (C=O) groups is 1. The molecule has 0 bridgehead atoms. The molecule has 1 amide bonds. The predicted molar refractivity (Wildman–Crippen MR) is 109 cm³/mol. The number of thiocarbonyl (C=S) groups is 1. The number of hydrogen-bond donors (Lipinski definition) is 1. The third-order valence-electron chi connectivity index (χ3n) is 3.98. The Morgan fingerprint density at radius 3 is 2.64 bits per heavy atom. The van der Waals surface area contributed by atoms with Crippen molar-refractivity contribution >= 4 is 46.0 Å². The molecule has 3 rings (SSSR count). The quantitative estimate of drug-likeness (QED) is 0.585. The summed E-state index contributed by atoms with van der Waals surface area (Å²) in [4.78, 5) is 14.9. The largest absolute Gasteiger partial charge is 0.508 e. The summed E-state index contributed by atoms with van der Waals surface area (Å²) >= 11 is 6.68. The second-order valence-corrected chi connectivity index (χ2v) is 7.56. The molecule has 1 N–H and O–H groups in total.